The molecule has 134 valence electrons. The van der Waals surface area contributed by atoms with Crippen molar-refractivity contribution in [2.75, 3.05) is 0 Å². The molecule has 0 unspecified atom stereocenters. The Morgan fingerprint density at radius 2 is 0.963 bits per heavy atom. The van der Waals surface area contributed by atoms with Crippen LogP contribution in [-0.2, 0) is 6.18 Å². The number of alkyl halides is 3. The smallest absolute Gasteiger partial charge is 0.166 e. The molecule has 4 aromatic carbocycles. The SMILES string of the molecule is Cc1ccc2cc(-c3ccc(-c4ccc(C(F)(F)F)cc4)cc3)ccc2c1. The number of fused-ring (bicyclic) bond motifs is 1. The first-order valence-corrected chi connectivity index (χ1v) is 8.69. The van der Waals surface area contributed by atoms with Crippen molar-refractivity contribution in [3.05, 3.63) is 96.1 Å². The molecule has 0 saturated heterocycles. The predicted molar refractivity (Wildman–Crippen MR) is 105 cm³/mol. The van der Waals surface area contributed by atoms with Gasteiger partial charge in [-0.2, -0.15) is 13.2 Å². The maximum absolute atomic E-state index is 12.7. The molecule has 3 heteroatoms. The molecule has 0 heterocycles. The summed E-state index contributed by atoms with van der Waals surface area (Å²) < 4.78 is 38.1. The predicted octanol–water partition coefficient (Wildman–Crippen LogP) is 7.50. The van der Waals surface area contributed by atoms with Gasteiger partial charge >= 0.3 is 6.18 Å². The molecule has 0 aliphatic carbocycles. The standard InChI is InChI=1S/C24H17F3/c1-16-2-3-22-15-21(9-8-20(22)14-16)19-6-4-17(5-7-19)18-10-12-23(13-11-18)24(25,26)27/h2-15H,1H3. The molecule has 0 amide bonds. The van der Waals surface area contributed by atoms with Crippen LogP contribution in [0.5, 0.6) is 0 Å². The Labute approximate surface area is 155 Å². The van der Waals surface area contributed by atoms with E-state index in [0.717, 1.165) is 34.4 Å². The summed E-state index contributed by atoms with van der Waals surface area (Å²) in [4.78, 5) is 0. The van der Waals surface area contributed by atoms with Gasteiger partial charge in [0.2, 0.25) is 0 Å². The van der Waals surface area contributed by atoms with E-state index >= 15 is 0 Å². The summed E-state index contributed by atoms with van der Waals surface area (Å²) in [6, 6.07) is 25.9. The maximum atomic E-state index is 12.7. The molecule has 4 aromatic rings. The lowest BCUT2D eigenvalue weighted by Crippen LogP contribution is -2.03. The van der Waals surface area contributed by atoms with Crippen LogP contribution in [0.15, 0.2) is 84.9 Å². The van der Waals surface area contributed by atoms with Crippen LogP contribution < -0.4 is 0 Å². The van der Waals surface area contributed by atoms with Gasteiger partial charge in [0.05, 0.1) is 5.56 Å². The number of aryl methyl sites for hydroxylation is 1. The van der Waals surface area contributed by atoms with Gasteiger partial charge < -0.3 is 0 Å². The monoisotopic (exact) mass is 362 g/mol. The zero-order valence-corrected chi connectivity index (χ0v) is 14.7. The number of hydrogen-bond acceptors (Lipinski definition) is 0. The Kier molecular flexibility index (Phi) is 4.23. The molecule has 0 spiro atoms. The van der Waals surface area contributed by atoms with Gasteiger partial charge in [-0.15, -0.1) is 0 Å². The van der Waals surface area contributed by atoms with E-state index in [1.807, 2.05) is 24.3 Å². The van der Waals surface area contributed by atoms with E-state index in [1.165, 1.54) is 28.5 Å². The van der Waals surface area contributed by atoms with Crippen molar-refractivity contribution in [2.24, 2.45) is 0 Å². The third kappa shape index (κ3) is 3.59. The third-order valence-electron chi connectivity index (χ3n) is 4.76. The minimum Gasteiger partial charge on any atom is -0.166 e. The maximum Gasteiger partial charge on any atom is 0.416 e. The second kappa shape index (κ2) is 6.58. The lowest BCUT2D eigenvalue weighted by Gasteiger charge is -2.09. The minimum atomic E-state index is -4.31. The highest BCUT2D eigenvalue weighted by atomic mass is 19.4. The highest BCUT2D eigenvalue weighted by Gasteiger charge is 2.29. The first kappa shape index (κ1) is 17.3. The van der Waals surface area contributed by atoms with Crippen LogP contribution >= 0.6 is 0 Å². The van der Waals surface area contributed by atoms with Crippen molar-refractivity contribution in [3.8, 4) is 22.3 Å². The third-order valence-corrected chi connectivity index (χ3v) is 4.76. The van der Waals surface area contributed by atoms with E-state index in [9.17, 15) is 13.2 Å². The van der Waals surface area contributed by atoms with Crippen LogP contribution in [0.1, 0.15) is 11.1 Å². The number of halogens is 3. The van der Waals surface area contributed by atoms with E-state index in [1.54, 1.807) is 0 Å². The Bertz CT molecular complexity index is 1090. The van der Waals surface area contributed by atoms with Crippen molar-refractivity contribution >= 4 is 10.8 Å². The van der Waals surface area contributed by atoms with Gasteiger partial charge in [0.1, 0.15) is 0 Å². The Balaban J connectivity index is 1.63. The van der Waals surface area contributed by atoms with Gasteiger partial charge in [0.15, 0.2) is 0 Å². The fourth-order valence-electron chi connectivity index (χ4n) is 3.25. The normalized spacial score (nSPS) is 11.7. The van der Waals surface area contributed by atoms with Crippen LogP contribution in [-0.4, -0.2) is 0 Å². The number of benzene rings is 4. The zero-order chi connectivity index (χ0) is 19.0. The van der Waals surface area contributed by atoms with Crippen molar-refractivity contribution in [1.82, 2.24) is 0 Å². The van der Waals surface area contributed by atoms with E-state index < -0.39 is 11.7 Å². The number of hydrogen-bond donors (Lipinski definition) is 0. The Morgan fingerprint density at radius 1 is 0.519 bits per heavy atom. The molecule has 27 heavy (non-hydrogen) atoms. The largest absolute Gasteiger partial charge is 0.416 e. The fourth-order valence-corrected chi connectivity index (χ4v) is 3.25. The van der Waals surface area contributed by atoms with E-state index in [-0.39, 0.29) is 0 Å². The fraction of sp³-hybridized carbons (Fsp3) is 0.0833. The van der Waals surface area contributed by atoms with E-state index in [2.05, 4.69) is 43.3 Å². The van der Waals surface area contributed by atoms with Crippen molar-refractivity contribution < 1.29 is 13.2 Å². The van der Waals surface area contributed by atoms with E-state index in [4.69, 9.17) is 0 Å². The molecule has 0 fully saturated rings. The minimum absolute atomic E-state index is 0.630. The quantitative estimate of drug-likeness (QED) is 0.346. The first-order valence-electron chi connectivity index (χ1n) is 8.69. The molecular weight excluding hydrogens is 345 g/mol. The number of rotatable bonds is 2. The lowest BCUT2D eigenvalue weighted by molar-refractivity contribution is -0.137. The topological polar surface area (TPSA) is 0 Å². The van der Waals surface area contributed by atoms with E-state index in [0.29, 0.717) is 0 Å². The first-order chi connectivity index (χ1) is 12.9. The summed E-state index contributed by atoms with van der Waals surface area (Å²) in [6.07, 6.45) is -4.31. The summed E-state index contributed by atoms with van der Waals surface area (Å²) in [5, 5.41) is 2.39. The Hall–Kier alpha value is -3.07. The summed E-state index contributed by atoms with van der Waals surface area (Å²) in [6.45, 7) is 2.08. The molecule has 0 aliphatic heterocycles. The van der Waals surface area contributed by atoms with Crippen LogP contribution in [0.4, 0.5) is 13.2 Å². The Morgan fingerprint density at radius 3 is 1.56 bits per heavy atom. The zero-order valence-electron chi connectivity index (χ0n) is 14.7. The summed E-state index contributed by atoms with van der Waals surface area (Å²) >= 11 is 0. The van der Waals surface area contributed by atoms with Crippen molar-refractivity contribution in [3.63, 3.8) is 0 Å². The molecule has 0 aliphatic rings. The van der Waals surface area contributed by atoms with Gasteiger partial charge in [-0.25, -0.2) is 0 Å². The second-order valence-electron chi connectivity index (χ2n) is 6.72. The molecule has 0 saturated carbocycles. The summed E-state index contributed by atoms with van der Waals surface area (Å²) in [5.41, 5.74) is 4.45. The molecule has 0 bridgehead atoms. The molecule has 0 atom stereocenters. The van der Waals surface area contributed by atoms with Gasteiger partial charge in [0.25, 0.3) is 0 Å². The molecule has 4 rings (SSSR count). The van der Waals surface area contributed by atoms with Gasteiger partial charge in [-0.1, -0.05) is 72.3 Å². The summed E-state index contributed by atoms with van der Waals surface area (Å²) in [5.74, 6) is 0. The average Bonchev–Trinajstić information content (AvgIpc) is 2.67. The molecule has 0 aromatic heterocycles. The molecule has 0 N–H and O–H groups in total. The highest BCUT2D eigenvalue weighted by molar-refractivity contribution is 5.88. The molecule has 0 nitrogen and oxygen atoms in total. The molecule has 0 radical (unpaired) electrons. The van der Waals surface area contributed by atoms with Gasteiger partial charge in [-0.05, 0) is 58.1 Å². The van der Waals surface area contributed by atoms with Crippen LogP contribution in [0, 0.1) is 6.92 Å². The second-order valence-corrected chi connectivity index (χ2v) is 6.72. The van der Waals surface area contributed by atoms with Crippen molar-refractivity contribution in [1.29, 1.82) is 0 Å². The van der Waals surface area contributed by atoms with Crippen molar-refractivity contribution in [2.45, 2.75) is 13.1 Å². The molecular formula is C24H17F3. The van der Waals surface area contributed by atoms with Gasteiger partial charge in [0, 0.05) is 0 Å². The lowest BCUT2D eigenvalue weighted by atomic mass is 9.97. The van der Waals surface area contributed by atoms with Crippen LogP contribution in [0.25, 0.3) is 33.0 Å². The van der Waals surface area contributed by atoms with Crippen LogP contribution in [0.3, 0.4) is 0 Å². The average molecular weight is 362 g/mol. The van der Waals surface area contributed by atoms with Gasteiger partial charge in [-0.3, -0.25) is 0 Å². The van der Waals surface area contributed by atoms with Crippen LogP contribution in [0.2, 0.25) is 0 Å². The summed E-state index contributed by atoms with van der Waals surface area (Å²) in [7, 11) is 0. The highest BCUT2D eigenvalue weighted by Crippen LogP contribution is 2.32.